The second-order valence-electron chi connectivity index (χ2n) is 6.99. The Morgan fingerprint density at radius 2 is 1.65 bits per heavy atom. The fraction of sp³-hybridized carbons (Fsp3) is 0.611. The lowest BCUT2D eigenvalue weighted by Gasteiger charge is -2.37. The minimum atomic E-state index is -0.447. The highest BCUT2D eigenvalue weighted by Gasteiger charge is 2.26. The molecule has 1 aromatic carbocycles. The molecule has 0 atom stereocenters. The number of rotatable bonds is 2. The number of benzene rings is 1. The van der Waals surface area contributed by atoms with E-state index in [0.29, 0.717) is 13.1 Å². The van der Waals surface area contributed by atoms with Crippen LogP contribution >= 0.6 is 0 Å². The zero-order valence-electron chi connectivity index (χ0n) is 15.1. The molecule has 1 aromatic rings. The summed E-state index contributed by atoms with van der Waals surface area (Å²) in [6, 6.07) is 4.11. The van der Waals surface area contributed by atoms with Gasteiger partial charge in [-0.25, -0.2) is 4.79 Å². The summed E-state index contributed by atoms with van der Waals surface area (Å²) in [6.07, 6.45) is -0.222. The van der Waals surface area contributed by atoms with Crippen LogP contribution in [0.4, 0.5) is 10.5 Å². The van der Waals surface area contributed by atoms with E-state index in [1.807, 2.05) is 26.8 Å². The minimum absolute atomic E-state index is 0.222. The second kappa shape index (κ2) is 6.69. The SMILES string of the molecule is COc1ccc(N2CCN(C(=O)OC(C)(C)C)CC2)c(C)c1C. The first-order valence-corrected chi connectivity index (χ1v) is 8.10. The van der Waals surface area contributed by atoms with Crippen molar-refractivity contribution in [1.82, 2.24) is 4.90 Å². The van der Waals surface area contributed by atoms with E-state index in [1.165, 1.54) is 16.8 Å². The first-order valence-electron chi connectivity index (χ1n) is 8.10. The Balaban J connectivity index is 2.02. The number of piperazine rings is 1. The van der Waals surface area contributed by atoms with Gasteiger partial charge in [-0.1, -0.05) is 0 Å². The van der Waals surface area contributed by atoms with Crippen molar-refractivity contribution >= 4 is 11.8 Å². The highest BCUT2D eigenvalue weighted by molar-refractivity contribution is 5.69. The molecule has 0 saturated carbocycles. The molecule has 23 heavy (non-hydrogen) atoms. The van der Waals surface area contributed by atoms with Crippen LogP contribution in [-0.2, 0) is 4.74 Å². The molecular weight excluding hydrogens is 292 g/mol. The molecule has 0 aromatic heterocycles. The Kier molecular flexibility index (Phi) is 5.07. The van der Waals surface area contributed by atoms with Crippen LogP contribution in [0.1, 0.15) is 31.9 Å². The van der Waals surface area contributed by atoms with Gasteiger partial charge in [-0.05, 0) is 57.9 Å². The predicted molar refractivity (Wildman–Crippen MR) is 92.5 cm³/mol. The van der Waals surface area contributed by atoms with Crippen molar-refractivity contribution in [1.29, 1.82) is 0 Å². The van der Waals surface area contributed by atoms with E-state index in [1.54, 1.807) is 12.0 Å². The summed E-state index contributed by atoms with van der Waals surface area (Å²) in [5.74, 6) is 0.915. The van der Waals surface area contributed by atoms with E-state index in [9.17, 15) is 4.79 Å². The van der Waals surface area contributed by atoms with Gasteiger partial charge in [0.05, 0.1) is 7.11 Å². The lowest BCUT2D eigenvalue weighted by atomic mass is 10.1. The molecule has 1 heterocycles. The first-order chi connectivity index (χ1) is 10.7. The maximum atomic E-state index is 12.1. The van der Waals surface area contributed by atoms with Gasteiger partial charge in [-0.15, -0.1) is 0 Å². The highest BCUT2D eigenvalue weighted by Crippen LogP contribution is 2.30. The molecule has 0 unspecified atom stereocenters. The summed E-state index contributed by atoms with van der Waals surface area (Å²) in [7, 11) is 1.70. The van der Waals surface area contributed by atoms with Crippen LogP contribution in [0.25, 0.3) is 0 Å². The van der Waals surface area contributed by atoms with E-state index in [-0.39, 0.29) is 6.09 Å². The van der Waals surface area contributed by atoms with Gasteiger partial charge in [0.2, 0.25) is 0 Å². The van der Waals surface area contributed by atoms with Gasteiger partial charge >= 0.3 is 6.09 Å². The van der Waals surface area contributed by atoms with Gasteiger partial charge < -0.3 is 19.3 Å². The lowest BCUT2D eigenvalue weighted by molar-refractivity contribution is 0.0240. The van der Waals surface area contributed by atoms with Gasteiger partial charge in [0.15, 0.2) is 0 Å². The van der Waals surface area contributed by atoms with Crippen molar-refractivity contribution in [3.63, 3.8) is 0 Å². The number of amides is 1. The van der Waals surface area contributed by atoms with E-state index >= 15 is 0 Å². The Labute approximate surface area is 139 Å². The summed E-state index contributed by atoms with van der Waals surface area (Å²) in [5, 5.41) is 0. The molecule has 0 spiro atoms. The molecule has 5 nitrogen and oxygen atoms in total. The van der Waals surface area contributed by atoms with Crippen molar-refractivity contribution in [2.75, 3.05) is 38.2 Å². The normalized spacial score (nSPS) is 15.6. The molecule has 0 aliphatic carbocycles. The van der Waals surface area contributed by atoms with Gasteiger partial charge in [-0.2, -0.15) is 0 Å². The number of carbonyl (C=O) groups is 1. The molecule has 1 aliphatic heterocycles. The zero-order valence-corrected chi connectivity index (χ0v) is 15.1. The molecule has 128 valence electrons. The summed E-state index contributed by atoms with van der Waals surface area (Å²) < 4.78 is 10.8. The van der Waals surface area contributed by atoms with Gasteiger partial charge in [-0.3, -0.25) is 0 Å². The van der Waals surface area contributed by atoms with Crippen LogP contribution in [0.2, 0.25) is 0 Å². The summed E-state index contributed by atoms with van der Waals surface area (Å²) in [6.45, 7) is 12.9. The van der Waals surface area contributed by atoms with Crippen molar-refractivity contribution in [2.24, 2.45) is 0 Å². The van der Waals surface area contributed by atoms with Gasteiger partial charge in [0, 0.05) is 31.9 Å². The van der Waals surface area contributed by atoms with Gasteiger partial charge in [0.25, 0.3) is 0 Å². The van der Waals surface area contributed by atoms with Crippen LogP contribution in [0.3, 0.4) is 0 Å². The molecule has 1 amide bonds. The molecule has 1 saturated heterocycles. The Bertz CT molecular complexity index is 570. The third-order valence-corrected chi connectivity index (χ3v) is 4.20. The van der Waals surface area contributed by atoms with Crippen LogP contribution in [0.15, 0.2) is 12.1 Å². The Hall–Kier alpha value is -1.91. The third-order valence-electron chi connectivity index (χ3n) is 4.20. The fourth-order valence-corrected chi connectivity index (χ4v) is 2.80. The zero-order chi connectivity index (χ0) is 17.2. The summed E-state index contributed by atoms with van der Waals surface area (Å²) >= 11 is 0. The number of hydrogen-bond acceptors (Lipinski definition) is 4. The molecule has 1 aliphatic rings. The van der Waals surface area contributed by atoms with Gasteiger partial charge in [0.1, 0.15) is 11.4 Å². The number of hydrogen-bond donors (Lipinski definition) is 0. The van der Waals surface area contributed by atoms with E-state index in [2.05, 4.69) is 24.8 Å². The van der Waals surface area contributed by atoms with Crippen LogP contribution < -0.4 is 9.64 Å². The first kappa shape index (κ1) is 17.4. The van der Waals surface area contributed by atoms with E-state index in [0.717, 1.165) is 18.8 Å². The van der Waals surface area contributed by atoms with Crippen LogP contribution in [0.5, 0.6) is 5.75 Å². The van der Waals surface area contributed by atoms with Crippen molar-refractivity contribution in [2.45, 2.75) is 40.2 Å². The molecule has 0 N–H and O–H groups in total. The smallest absolute Gasteiger partial charge is 0.410 e. The topological polar surface area (TPSA) is 42.0 Å². The van der Waals surface area contributed by atoms with E-state index < -0.39 is 5.60 Å². The minimum Gasteiger partial charge on any atom is -0.496 e. The standard InChI is InChI=1S/C18H28N2O3/c1-13-14(2)16(22-6)8-7-15(13)19-9-11-20(12-10-19)17(21)23-18(3,4)5/h7-8H,9-12H2,1-6H3. The Morgan fingerprint density at radius 1 is 1.04 bits per heavy atom. The third kappa shape index (κ3) is 4.09. The highest BCUT2D eigenvalue weighted by atomic mass is 16.6. The summed E-state index contributed by atoms with van der Waals surface area (Å²) in [5.41, 5.74) is 3.17. The maximum Gasteiger partial charge on any atom is 0.410 e. The predicted octanol–water partition coefficient (Wildman–Crippen LogP) is 3.37. The van der Waals surface area contributed by atoms with Crippen LogP contribution in [-0.4, -0.2) is 49.9 Å². The summed E-state index contributed by atoms with van der Waals surface area (Å²) in [4.78, 5) is 16.2. The average molecular weight is 320 g/mol. The molecular formula is C18H28N2O3. The monoisotopic (exact) mass is 320 g/mol. The number of anilines is 1. The molecule has 0 bridgehead atoms. The molecule has 2 rings (SSSR count). The fourth-order valence-electron chi connectivity index (χ4n) is 2.80. The molecule has 1 fully saturated rings. The molecule has 5 heteroatoms. The number of ether oxygens (including phenoxy) is 2. The van der Waals surface area contributed by atoms with Crippen LogP contribution in [0, 0.1) is 13.8 Å². The lowest BCUT2D eigenvalue weighted by Crippen LogP contribution is -2.50. The number of nitrogens with zero attached hydrogens (tertiary/aromatic N) is 2. The molecule has 0 radical (unpaired) electrons. The van der Waals surface area contributed by atoms with Crippen molar-refractivity contribution < 1.29 is 14.3 Å². The number of methoxy groups -OCH3 is 1. The Morgan fingerprint density at radius 3 is 2.17 bits per heavy atom. The largest absolute Gasteiger partial charge is 0.496 e. The quantitative estimate of drug-likeness (QED) is 0.838. The number of carbonyl (C=O) groups excluding carboxylic acids is 1. The average Bonchev–Trinajstić information content (AvgIpc) is 2.48. The van der Waals surface area contributed by atoms with E-state index in [4.69, 9.17) is 9.47 Å². The van der Waals surface area contributed by atoms with Crippen molar-refractivity contribution in [3.8, 4) is 5.75 Å². The maximum absolute atomic E-state index is 12.1. The second-order valence-corrected chi connectivity index (χ2v) is 6.99. The van der Waals surface area contributed by atoms with Crippen molar-refractivity contribution in [3.05, 3.63) is 23.3 Å².